The summed E-state index contributed by atoms with van der Waals surface area (Å²) >= 11 is 5.81. The summed E-state index contributed by atoms with van der Waals surface area (Å²) < 4.78 is 26.9. The SMILES string of the molecule is Cl.N#Cc1cc(S(=O)(=O)NCCC2CCCNC2)ccc1Cl. The molecule has 5 nitrogen and oxygen atoms in total. The van der Waals surface area contributed by atoms with Crippen molar-refractivity contribution in [3.05, 3.63) is 28.8 Å². The molecule has 1 atom stereocenters. The molecule has 1 aromatic rings. The van der Waals surface area contributed by atoms with Crippen molar-refractivity contribution in [2.45, 2.75) is 24.2 Å². The Bertz CT molecular complexity index is 638. The normalized spacial score (nSPS) is 18.3. The topological polar surface area (TPSA) is 82.0 Å². The number of benzene rings is 1. The molecule has 1 unspecified atom stereocenters. The third-order valence-corrected chi connectivity index (χ3v) is 5.40. The van der Waals surface area contributed by atoms with Crippen LogP contribution in [0.25, 0.3) is 0 Å². The summed E-state index contributed by atoms with van der Waals surface area (Å²) in [6.07, 6.45) is 3.08. The molecule has 1 heterocycles. The van der Waals surface area contributed by atoms with Crippen molar-refractivity contribution >= 4 is 34.0 Å². The van der Waals surface area contributed by atoms with Crippen LogP contribution in [0.1, 0.15) is 24.8 Å². The van der Waals surface area contributed by atoms with Gasteiger partial charge in [0.1, 0.15) is 6.07 Å². The van der Waals surface area contributed by atoms with Crippen LogP contribution in [-0.4, -0.2) is 28.1 Å². The van der Waals surface area contributed by atoms with Gasteiger partial charge in [0, 0.05) is 6.54 Å². The third kappa shape index (κ3) is 5.11. The smallest absolute Gasteiger partial charge is 0.240 e. The van der Waals surface area contributed by atoms with Crippen LogP contribution in [0.3, 0.4) is 0 Å². The highest BCUT2D eigenvalue weighted by Gasteiger charge is 2.17. The van der Waals surface area contributed by atoms with Gasteiger partial charge in [0.05, 0.1) is 15.5 Å². The second-order valence-corrected chi connectivity index (χ2v) is 7.33. The fourth-order valence-electron chi connectivity index (χ4n) is 2.41. The van der Waals surface area contributed by atoms with E-state index in [1.54, 1.807) is 0 Å². The molecule has 0 spiro atoms. The molecule has 122 valence electrons. The molecule has 0 aromatic heterocycles. The summed E-state index contributed by atoms with van der Waals surface area (Å²) in [7, 11) is -3.59. The van der Waals surface area contributed by atoms with Gasteiger partial charge in [-0.2, -0.15) is 5.26 Å². The van der Waals surface area contributed by atoms with E-state index in [0.29, 0.717) is 12.5 Å². The fourth-order valence-corrected chi connectivity index (χ4v) is 3.64. The molecule has 0 saturated carbocycles. The first-order valence-corrected chi connectivity index (χ1v) is 8.79. The Morgan fingerprint density at radius 1 is 1.45 bits per heavy atom. The molecule has 0 bridgehead atoms. The first-order valence-electron chi connectivity index (χ1n) is 6.93. The van der Waals surface area contributed by atoms with Crippen molar-refractivity contribution in [2.24, 2.45) is 5.92 Å². The maximum atomic E-state index is 12.2. The number of halogens is 2. The number of sulfonamides is 1. The van der Waals surface area contributed by atoms with Gasteiger partial charge in [-0.15, -0.1) is 12.4 Å². The van der Waals surface area contributed by atoms with Crippen molar-refractivity contribution < 1.29 is 8.42 Å². The maximum absolute atomic E-state index is 12.2. The largest absolute Gasteiger partial charge is 0.316 e. The lowest BCUT2D eigenvalue weighted by atomic mass is 9.96. The van der Waals surface area contributed by atoms with E-state index in [1.807, 2.05) is 6.07 Å². The molecule has 1 aliphatic rings. The predicted octanol–water partition coefficient (Wildman–Crippen LogP) is 2.30. The Morgan fingerprint density at radius 2 is 2.23 bits per heavy atom. The first-order chi connectivity index (χ1) is 10.0. The summed E-state index contributed by atoms with van der Waals surface area (Å²) in [5, 5.41) is 12.5. The average Bonchev–Trinajstić information content (AvgIpc) is 2.48. The minimum atomic E-state index is -3.59. The van der Waals surface area contributed by atoms with Crippen molar-refractivity contribution in [1.82, 2.24) is 10.0 Å². The number of nitrogens with one attached hydrogen (secondary N) is 2. The van der Waals surface area contributed by atoms with E-state index >= 15 is 0 Å². The Balaban J connectivity index is 0.00000242. The molecule has 0 amide bonds. The predicted molar refractivity (Wildman–Crippen MR) is 88.8 cm³/mol. The van der Waals surface area contributed by atoms with E-state index in [9.17, 15) is 8.42 Å². The molecule has 1 fully saturated rings. The first kappa shape index (κ1) is 19.2. The molecular weight excluding hydrogens is 345 g/mol. The van der Waals surface area contributed by atoms with Gasteiger partial charge in [-0.05, 0) is 56.5 Å². The van der Waals surface area contributed by atoms with Crippen LogP contribution in [0.2, 0.25) is 5.02 Å². The van der Waals surface area contributed by atoms with Gasteiger partial charge in [0.25, 0.3) is 0 Å². The summed E-state index contributed by atoms with van der Waals surface area (Å²) in [6, 6.07) is 6.02. The molecule has 0 aliphatic carbocycles. The number of hydrogen-bond acceptors (Lipinski definition) is 4. The lowest BCUT2D eigenvalue weighted by Crippen LogP contribution is -2.33. The summed E-state index contributed by atoms with van der Waals surface area (Å²) in [6.45, 7) is 2.39. The van der Waals surface area contributed by atoms with E-state index < -0.39 is 10.0 Å². The Kier molecular flexibility index (Phi) is 7.60. The molecule has 8 heteroatoms. The highest BCUT2D eigenvalue weighted by molar-refractivity contribution is 7.89. The van der Waals surface area contributed by atoms with Crippen LogP contribution in [0.15, 0.2) is 23.1 Å². The van der Waals surface area contributed by atoms with Crippen LogP contribution in [-0.2, 0) is 10.0 Å². The van der Waals surface area contributed by atoms with Gasteiger partial charge < -0.3 is 5.32 Å². The van der Waals surface area contributed by atoms with Crippen molar-refractivity contribution in [3.63, 3.8) is 0 Å². The van der Waals surface area contributed by atoms with Gasteiger partial charge >= 0.3 is 0 Å². The molecular formula is C14H19Cl2N3O2S. The molecule has 1 aliphatic heterocycles. The zero-order valence-electron chi connectivity index (χ0n) is 12.0. The lowest BCUT2D eigenvalue weighted by molar-refractivity contribution is 0.358. The van der Waals surface area contributed by atoms with Crippen molar-refractivity contribution in [2.75, 3.05) is 19.6 Å². The van der Waals surface area contributed by atoms with Gasteiger partial charge in [-0.1, -0.05) is 11.6 Å². The average molecular weight is 364 g/mol. The number of piperidine rings is 1. The van der Waals surface area contributed by atoms with E-state index in [-0.39, 0.29) is 27.9 Å². The van der Waals surface area contributed by atoms with Crippen LogP contribution >= 0.6 is 24.0 Å². The molecule has 2 rings (SSSR count). The summed E-state index contributed by atoms with van der Waals surface area (Å²) in [5.74, 6) is 0.515. The molecule has 0 radical (unpaired) electrons. The van der Waals surface area contributed by atoms with Crippen molar-refractivity contribution in [1.29, 1.82) is 5.26 Å². The second-order valence-electron chi connectivity index (χ2n) is 5.15. The summed E-state index contributed by atoms with van der Waals surface area (Å²) in [5.41, 5.74) is 0.163. The van der Waals surface area contributed by atoms with Gasteiger partial charge in [0.15, 0.2) is 0 Å². The Morgan fingerprint density at radius 3 is 2.86 bits per heavy atom. The van der Waals surface area contributed by atoms with E-state index in [4.69, 9.17) is 16.9 Å². The van der Waals surface area contributed by atoms with Crippen molar-refractivity contribution in [3.8, 4) is 6.07 Å². The van der Waals surface area contributed by atoms with Gasteiger partial charge in [-0.3, -0.25) is 0 Å². The highest BCUT2D eigenvalue weighted by Crippen LogP contribution is 2.20. The number of nitrogens with zero attached hydrogens (tertiary/aromatic N) is 1. The Hall–Kier alpha value is -0.840. The number of hydrogen-bond donors (Lipinski definition) is 2. The minimum Gasteiger partial charge on any atom is -0.316 e. The molecule has 1 saturated heterocycles. The third-order valence-electron chi connectivity index (χ3n) is 3.61. The zero-order valence-corrected chi connectivity index (χ0v) is 14.4. The lowest BCUT2D eigenvalue weighted by Gasteiger charge is -2.22. The van der Waals surface area contributed by atoms with E-state index in [0.717, 1.165) is 32.4 Å². The fraction of sp³-hybridized carbons (Fsp3) is 0.500. The van der Waals surface area contributed by atoms with E-state index in [1.165, 1.54) is 18.2 Å². The highest BCUT2D eigenvalue weighted by atomic mass is 35.5. The van der Waals surface area contributed by atoms with Gasteiger partial charge in [0.2, 0.25) is 10.0 Å². The van der Waals surface area contributed by atoms with Crippen LogP contribution in [0, 0.1) is 17.2 Å². The molecule has 22 heavy (non-hydrogen) atoms. The number of nitriles is 1. The second kappa shape index (κ2) is 8.70. The molecule has 1 aromatic carbocycles. The maximum Gasteiger partial charge on any atom is 0.240 e. The Labute approximate surface area is 142 Å². The molecule has 2 N–H and O–H groups in total. The number of rotatable bonds is 5. The monoisotopic (exact) mass is 363 g/mol. The van der Waals surface area contributed by atoms with Crippen LogP contribution < -0.4 is 10.0 Å². The van der Waals surface area contributed by atoms with E-state index in [2.05, 4.69) is 10.0 Å². The van der Waals surface area contributed by atoms with Gasteiger partial charge in [-0.25, -0.2) is 13.1 Å². The quantitative estimate of drug-likeness (QED) is 0.840. The van der Waals surface area contributed by atoms with Crippen LogP contribution in [0.5, 0.6) is 0 Å². The minimum absolute atomic E-state index is 0. The zero-order chi connectivity index (χ0) is 15.3. The summed E-state index contributed by atoms with van der Waals surface area (Å²) in [4.78, 5) is 0.0743. The van der Waals surface area contributed by atoms with Crippen LogP contribution in [0.4, 0.5) is 0 Å². The standard InChI is InChI=1S/C14H18ClN3O2S.ClH/c15-14-4-3-13(8-12(14)9-16)21(19,20)18-7-5-11-2-1-6-17-10-11;/h3-4,8,11,17-18H,1-2,5-7,10H2;1H.